The number of nitrogens with two attached hydrogens (primary N) is 1. The van der Waals surface area contributed by atoms with Gasteiger partial charge in [-0.25, -0.2) is 0 Å². The third kappa shape index (κ3) is 2.65. The van der Waals surface area contributed by atoms with Gasteiger partial charge < -0.3 is 5.73 Å². The van der Waals surface area contributed by atoms with E-state index in [4.69, 9.17) is 5.73 Å². The summed E-state index contributed by atoms with van der Waals surface area (Å²) in [7, 11) is 1.74. The SMILES string of the molecule is Cn1nnc(CC(N)c2ccc(Br)cc2)n1. The van der Waals surface area contributed by atoms with Crippen molar-refractivity contribution in [2.75, 3.05) is 0 Å². The fourth-order valence-corrected chi connectivity index (χ4v) is 1.69. The Morgan fingerprint density at radius 1 is 1.38 bits per heavy atom. The second-order valence-corrected chi connectivity index (χ2v) is 4.47. The molecule has 0 fully saturated rings. The van der Waals surface area contributed by atoms with Crippen molar-refractivity contribution in [3.8, 4) is 0 Å². The zero-order valence-corrected chi connectivity index (χ0v) is 10.4. The Labute approximate surface area is 102 Å². The zero-order valence-electron chi connectivity index (χ0n) is 8.84. The Kier molecular flexibility index (Phi) is 3.31. The van der Waals surface area contributed by atoms with Gasteiger partial charge in [-0.05, 0) is 22.9 Å². The lowest BCUT2D eigenvalue weighted by Gasteiger charge is -2.09. The van der Waals surface area contributed by atoms with E-state index in [9.17, 15) is 0 Å². The molecule has 1 aromatic carbocycles. The summed E-state index contributed by atoms with van der Waals surface area (Å²) < 4.78 is 1.04. The number of aryl methyl sites for hydroxylation is 1. The van der Waals surface area contributed by atoms with Crippen LogP contribution in [0.2, 0.25) is 0 Å². The summed E-state index contributed by atoms with van der Waals surface area (Å²) in [6.07, 6.45) is 0.593. The van der Waals surface area contributed by atoms with Gasteiger partial charge in [0.15, 0.2) is 5.82 Å². The van der Waals surface area contributed by atoms with Crippen LogP contribution in [-0.2, 0) is 13.5 Å². The highest BCUT2D eigenvalue weighted by Crippen LogP contribution is 2.17. The van der Waals surface area contributed by atoms with Crippen LogP contribution >= 0.6 is 15.9 Å². The van der Waals surface area contributed by atoms with Crippen LogP contribution in [0.25, 0.3) is 0 Å². The van der Waals surface area contributed by atoms with Gasteiger partial charge in [-0.1, -0.05) is 28.1 Å². The smallest absolute Gasteiger partial charge is 0.176 e. The van der Waals surface area contributed by atoms with E-state index in [1.54, 1.807) is 7.05 Å². The first-order valence-electron chi connectivity index (χ1n) is 4.89. The Balaban J connectivity index is 2.08. The minimum Gasteiger partial charge on any atom is -0.324 e. The van der Waals surface area contributed by atoms with Crippen molar-refractivity contribution in [2.24, 2.45) is 12.8 Å². The van der Waals surface area contributed by atoms with E-state index < -0.39 is 0 Å². The van der Waals surface area contributed by atoms with E-state index in [1.165, 1.54) is 4.80 Å². The number of hydrogen-bond donors (Lipinski definition) is 1. The van der Waals surface area contributed by atoms with Crippen LogP contribution in [0.3, 0.4) is 0 Å². The van der Waals surface area contributed by atoms with Crippen molar-refractivity contribution in [3.05, 3.63) is 40.1 Å². The summed E-state index contributed by atoms with van der Waals surface area (Å²) in [6.45, 7) is 0. The summed E-state index contributed by atoms with van der Waals surface area (Å²) >= 11 is 3.39. The lowest BCUT2D eigenvalue weighted by molar-refractivity contribution is 0.622. The number of hydrogen-bond acceptors (Lipinski definition) is 4. The van der Waals surface area contributed by atoms with Crippen molar-refractivity contribution in [2.45, 2.75) is 12.5 Å². The molecule has 0 aliphatic heterocycles. The molecular formula is C10H12BrN5. The lowest BCUT2D eigenvalue weighted by atomic mass is 10.0. The molecule has 2 N–H and O–H groups in total. The molecule has 5 nitrogen and oxygen atoms in total. The molecule has 2 rings (SSSR count). The molecule has 2 aromatic rings. The highest BCUT2D eigenvalue weighted by molar-refractivity contribution is 9.10. The molecule has 16 heavy (non-hydrogen) atoms. The molecule has 0 radical (unpaired) electrons. The van der Waals surface area contributed by atoms with Gasteiger partial charge in [-0.3, -0.25) is 0 Å². The van der Waals surface area contributed by atoms with E-state index in [2.05, 4.69) is 31.3 Å². The average molecular weight is 282 g/mol. The molecule has 84 valence electrons. The van der Waals surface area contributed by atoms with Gasteiger partial charge in [0.1, 0.15) is 0 Å². The Hall–Kier alpha value is -1.27. The number of halogens is 1. The van der Waals surface area contributed by atoms with Gasteiger partial charge in [0, 0.05) is 16.9 Å². The fraction of sp³-hybridized carbons (Fsp3) is 0.300. The Morgan fingerprint density at radius 2 is 2.06 bits per heavy atom. The molecule has 0 saturated heterocycles. The third-order valence-electron chi connectivity index (χ3n) is 2.25. The van der Waals surface area contributed by atoms with Crippen LogP contribution in [0.5, 0.6) is 0 Å². The van der Waals surface area contributed by atoms with Gasteiger partial charge in [0.05, 0.1) is 7.05 Å². The predicted molar refractivity (Wildman–Crippen MR) is 63.6 cm³/mol. The van der Waals surface area contributed by atoms with Crippen molar-refractivity contribution < 1.29 is 0 Å². The molecule has 0 spiro atoms. The fourth-order valence-electron chi connectivity index (χ4n) is 1.43. The van der Waals surface area contributed by atoms with Crippen LogP contribution in [0.1, 0.15) is 17.4 Å². The van der Waals surface area contributed by atoms with Crippen LogP contribution in [0.15, 0.2) is 28.7 Å². The summed E-state index contributed by atoms with van der Waals surface area (Å²) in [5.41, 5.74) is 7.12. The quantitative estimate of drug-likeness (QED) is 0.918. The molecular weight excluding hydrogens is 270 g/mol. The van der Waals surface area contributed by atoms with E-state index in [0.29, 0.717) is 12.2 Å². The molecule has 1 aromatic heterocycles. The second-order valence-electron chi connectivity index (χ2n) is 3.56. The Bertz CT molecular complexity index is 464. The highest BCUT2D eigenvalue weighted by atomic mass is 79.9. The summed E-state index contributed by atoms with van der Waals surface area (Å²) in [4.78, 5) is 1.43. The number of aromatic nitrogens is 4. The first-order valence-corrected chi connectivity index (χ1v) is 5.68. The molecule has 1 heterocycles. The monoisotopic (exact) mass is 281 g/mol. The number of tetrazole rings is 1. The number of rotatable bonds is 3. The maximum atomic E-state index is 6.05. The zero-order chi connectivity index (χ0) is 11.5. The standard InChI is InChI=1S/C10H12BrN5/c1-16-14-10(13-15-16)6-9(12)7-2-4-8(11)5-3-7/h2-5,9H,6,12H2,1H3. The van der Waals surface area contributed by atoms with Crippen LogP contribution < -0.4 is 5.73 Å². The molecule has 0 bridgehead atoms. The minimum atomic E-state index is -0.0997. The van der Waals surface area contributed by atoms with Crippen LogP contribution in [0, 0.1) is 0 Å². The number of benzene rings is 1. The largest absolute Gasteiger partial charge is 0.324 e. The lowest BCUT2D eigenvalue weighted by Crippen LogP contribution is -2.14. The summed E-state index contributed by atoms with van der Waals surface area (Å²) in [5, 5.41) is 11.8. The van der Waals surface area contributed by atoms with Crippen molar-refractivity contribution >= 4 is 15.9 Å². The first kappa shape index (κ1) is 11.2. The highest BCUT2D eigenvalue weighted by Gasteiger charge is 2.10. The predicted octanol–water partition coefficient (Wildman–Crippen LogP) is 1.22. The second kappa shape index (κ2) is 4.71. The summed E-state index contributed by atoms with van der Waals surface area (Å²) in [5.74, 6) is 0.665. The van der Waals surface area contributed by atoms with Gasteiger partial charge in [0.25, 0.3) is 0 Å². The molecule has 1 atom stereocenters. The molecule has 0 aliphatic carbocycles. The van der Waals surface area contributed by atoms with Crippen molar-refractivity contribution in [1.29, 1.82) is 0 Å². The van der Waals surface area contributed by atoms with Crippen molar-refractivity contribution in [3.63, 3.8) is 0 Å². The molecule has 0 aliphatic rings. The maximum absolute atomic E-state index is 6.05. The van der Waals surface area contributed by atoms with E-state index in [-0.39, 0.29) is 6.04 Å². The van der Waals surface area contributed by atoms with Crippen LogP contribution in [0.4, 0.5) is 0 Å². The first-order chi connectivity index (χ1) is 7.65. The van der Waals surface area contributed by atoms with E-state index >= 15 is 0 Å². The Morgan fingerprint density at radius 3 is 2.62 bits per heavy atom. The minimum absolute atomic E-state index is 0.0997. The number of nitrogens with zero attached hydrogens (tertiary/aromatic N) is 4. The molecule has 0 amide bonds. The topological polar surface area (TPSA) is 69.6 Å². The molecule has 1 unspecified atom stereocenters. The van der Waals surface area contributed by atoms with Gasteiger partial charge in [-0.15, -0.1) is 10.2 Å². The van der Waals surface area contributed by atoms with E-state index in [0.717, 1.165) is 10.0 Å². The third-order valence-corrected chi connectivity index (χ3v) is 2.78. The van der Waals surface area contributed by atoms with E-state index in [1.807, 2.05) is 24.3 Å². The van der Waals surface area contributed by atoms with Gasteiger partial charge in [-0.2, -0.15) is 4.80 Å². The molecule has 6 heteroatoms. The molecule has 0 saturated carbocycles. The average Bonchev–Trinajstić information content (AvgIpc) is 2.65. The summed E-state index contributed by atoms with van der Waals surface area (Å²) in [6, 6.07) is 7.83. The van der Waals surface area contributed by atoms with Gasteiger partial charge >= 0.3 is 0 Å². The van der Waals surface area contributed by atoms with Crippen LogP contribution in [-0.4, -0.2) is 20.2 Å². The normalized spacial score (nSPS) is 12.7. The maximum Gasteiger partial charge on any atom is 0.176 e. The van der Waals surface area contributed by atoms with Crippen molar-refractivity contribution in [1.82, 2.24) is 20.2 Å². The van der Waals surface area contributed by atoms with Gasteiger partial charge in [0.2, 0.25) is 0 Å².